The summed E-state index contributed by atoms with van der Waals surface area (Å²) in [6.07, 6.45) is 0.858. The van der Waals surface area contributed by atoms with Crippen molar-refractivity contribution in [1.82, 2.24) is 0 Å². The van der Waals surface area contributed by atoms with E-state index in [-0.39, 0.29) is 6.61 Å². The summed E-state index contributed by atoms with van der Waals surface area (Å²) in [4.78, 5) is 0. The number of halogens is 1. The summed E-state index contributed by atoms with van der Waals surface area (Å²) >= 11 is 3.21. The molecule has 0 aliphatic rings. The fraction of sp³-hybridized carbons (Fsp3) is 0.667. The average molecular weight is 179 g/mol. The molecule has 0 bridgehead atoms. The molecule has 0 fully saturated rings. The Bertz CT molecular complexity index is 80.6. The summed E-state index contributed by atoms with van der Waals surface area (Å²) in [7, 11) is 0. The second kappa shape index (κ2) is 4.10. The molecule has 0 heterocycles. The van der Waals surface area contributed by atoms with Gasteiger partial charge in [-0.2, -0.15) is 0 Å². The zero-order valence-electron chi connectivity index (χ0n) is 5.02. The molecule has 8 heavy (non-hydrogen) atoms. The van der Waals surface area contributed by atoms with Crippen LogP contribution in [0.3, 0.4) is 0 Å². The molecule has 0 radical (unpaired) electrons. The van der Waals surface area contributed by atoms with Crippen LogP contribution in [-0.2, 0) is 0 Å². The number of aliphatic hydroxyl groups excluding tert-OH is 1. The van der Waals surface area contributed by atoms with Crippen molar-refractivity contribution in [2.24, 2.45) is 5.92 Å². The zero-order valence-corrected chi connectivity index (χ0v) is 6.61. The Morgan fingerprint density at radius 3 is 2.50 bits per heavy atom. The smallest absolute Gasteiger partial charge is 0.0459 e. The minimum Gasteiger partial charge on any atom is -0.396 e. The number of aliphatic hydroxyl groups is 1. The maximum Gasteiger partial charge on any atom is 0.0459 e. The minimum absolute atomic E-state index is 0.241. The predicted octanol–water partition coefficient (Wildman–Crippen LogP) is 1.91. The van der Waals surface area contributed by atoms with E-state index in [4.69, 9.17) is 5.11 Å². The van der Waals surface area contributed by atoms with Crippen LogP contribution in [0.5, 0.6) is 0 Å². The Morgan fingerprint density at radius 2 is 2.38 bits per heavy atom. The van der Waals surface area contributed by atoms with E-state index >= 15 is 0 Å². The van der Waals surface area contributed by atoms with E-state index in [9.17, 15) is 0 Å². The largest absolute Gasteiger partial charge is 0.396 e. The van der Waals surface area contributed by atoms with E-state index in [1.54, 1.807) is 0 Å². The van der Waals surface area contributed by atoms with Crippen molar-refractivity contribution in [1.29, 1.82) is 0 Å². The molecule has 1 atom stereocenters. The van der Waals surface area contributed by atoms with Crippen molar-refractivity contribution in [2.45, 2.75) is 13.3 Å². The van der Waals surface area contributed by atoms with Crippen LogP contribution in [0.25, 0.3) is 0 Å². The van der Waals surface area contributed by atoms with Gasteiger partial charge in [0.15, 0.2) is 0 Å². The second-order valence-corrected chi connectivity index (χ2v) is 3.13. The van der Waals surface area contributed by atoms with Gasteiger partial charge >= 0.3 is 0 Å². The normalized spacial score (nSPS) is 13.4. The molecule has 1 N–H and O–H groups in total. The molecule has 0 aliphatic heterocycles. The number of hydrogen-bond acceptors (Lipinski definition) is 1. The summed E-state index contributed by atoms with van der Waals surface area (Å²) in [5.41, 5.74) is 0. The van der Waals surface area contributed by atoms with Crippen LogP contribution >= 0.6 is 15.9 Å². The van der Waals surface area contributed by atoms with Crippen molar-refractivity contribution in [3.63, 3.8) is 0 Å². The molecular weight excluding hydrogens is 168 g/mol. The molecule has 0 aromatic rings. The fourth-order valence-corrected chi connectivity index (χ4v) is 0.995. The van der Waals surface area contributed by atoms with Crippen LogP contribution in [-0.4, -0.2) is 11.7 Å². The summed E-state index contributed by atoms with van der Waals surface area (Å²) < 4.78 is 0.957. The minimum atomic E-state index is 0.241. The van der Waals surface area contributed by atoms with E-state index < -0.39 is 0 Å². The quantitative estimate of drug-likeness (QED) is 0.701. The van der Waals surface area contributed by atoms with E-state index in [1.165, 1.54) is 0 Å². The molecule has 0 aliphatic carbocycles. The Balaban J connectivity index is 3.24. The van der Waals surface area contributed by atoms with Crippen molar-refractivity contribution >= 4 is 15.9 Å². The molecule has 0 unspecified atom stereocenters. The van der Waals surface area contributed by atoms with Gasteiger partial charge in [-0.25, -0.2) is 0 Å². The van der Waals surface area contributed by atoms with Gasteiger partial charge in [0.05, 0.1) is 0 Å². The summed E-state index contributed by atoms with van der Waals surface area (Å²) in [5, 5.41) is 8.52. The van der Waals surface area contributed by atoms with Gasteiger partial charge in [-0.3, -0.25) is 0 Å². The third-order valence-electron chi connectivity index (χ3n) is 0.882. The van der Waals surface area contributed by atoms with Gasteiger partial charge < -0.3 is 5.11 Å². The monoisotopic (exact) mass is 178 g/mol. The molecule has 0 aromatic heterocycles. The number of hydrogen-bond donors (Lipinski definition) is 1. The van der Waals surface area contributed by atoms with Crippen molar-refractivity contribution in [2.75, 3.05) is 6.61 Å². The lowest BCUT2D eigenvalue weighted by molar-refractivity contribution is 0.238. The summed E-state index contributed by atoms with van der Waals surface area (Å²) in [5.74, 6) is 0.335. The highest BCUT2D eigenvalue weighted by Gasteiger charge is 1.98. The third-order valence-corrected chi connectivity index (χ3v) is 1.21. The van der Waals surface area contributed by atoms with Crippen molar-refractivity contribution in [3.8, 4) is 0 Å². The van der Waals surface area contributed by atoms with E-state index in [0.717, 1.165) is 10.9 Å². The van der Waals surface area contributed by atoms with Crippen LogP contribution in [0.4, 0.5) is 0 Å². The third kappa shape index (κ3) is 4.34. The van der Waals surface area contributed by atoms with E-state index in [0.29, 0.717) is 5.92 Å². The lowest BCUT2D eigenvalue weighted by Crippen LogP contribution is -1.98. The lowest BCUT2D eigenvalue weighted by atomic mass is 10.1. The second-order valence-electron chi connectivity index (χ2n) is 2.01. The average Bonchev–Trinajstić information content (AvgIpc) is 1.65. The molecule has 2 heteroatoms. The Kier molecular flexibility index (Phi) is 4.19. The molecule has 1 nitrogen and oxygen atoms in total. The van der Waals surface area contributed by atoms with Crippen LogP contribution in [0.15, 0.2) is 11.1 Å². The summed E-state index contributed by atoms with van der Waals surface area (Å²) in [6.45, 7) is 5.87. The molecule has 48 valence electrons. The lowest BCUT2D eigenvalue weighted by Gasteiger charge is -2.03. The number of allylic oxidation sites excluding steroid dienone is 1. The first-order valence-electron chi connectivity index (χ1n) is 2.61. The molecule has 0 saturated carbocycles. The van der Waals surface area contributed by atoms with Crippen LogP contribution in [0, 0.1) is 5.92 Å². The maximum absolute atomic E-state index is 8.52. The number of rotatable bonds is 3. The first-order valence-corrected chi connectivity index (χ1v) is 3.40. The first kappa shape index (κ1) is 8.18. The van der Waals surface area contributed by atoms with Gasteiger partial charge in [0.1, 0.15) is 0 Å². The SMILES string of the molecule is C=C(Br)C[C@@H](C)CO. The van der Waals surface area contributed by atoms with Crippen LogP contribution in [0.2, 0.25) is 0 Å². The molecule has 0 amide bonds. The predicted molar refractivity (Wildman–Crippen MR) is 38.9 cm³/mol. The Labute approximate surface area is 58.5 Å². The van der Waals surface area contributed by atoms with Gasteiger partial charge in [-0.1, -0.05) is 29.4 Å². The Hall–Kier alpha value is 0.180. The standard InChI is InChI=1S/C6H11BrO/c1-5(4-8)3-6(2)7/h5,8H,2-4H2,1H3/t5-/m1/s1. The highest BCUT2D eigenvalue weighted by molar-refractivity contribution is 9.11. The van der Waals surface area contributed by atoms with E-state index in [2.05, 4.69) is 22.5 Å². The zero-order chi connectivity index (χ0) is 6.57. The Morgan fingerprint density at radius 1 is 1.88 bits per heavy atom. The van der Waals surface area contributed by atoms with Gasteiger partial charge in [-0.15, -0.1) is 0 Å². The summed E-state index contributed by atoms with van der Waals surface area (Å²) in [6, 6.07) is 0. The van der Waals surface area contributed by atoms with Crippen LogP contribution < -0.4 is 0 Å². The molecule has 0 aromatic carbocycles. The molecule has 0 saturated heterocycles. The maximum atomic E-state index is 8.52. The van der Waals surface area contributed by atoms with Crippen molar-refractivity contribution < 1.29 is 5.11 Å². The fourth-order valence-electron chi connectivity index (χ4n) is 0.443. The van der Waals surface area contributed by atoms with Crippen LogP contribution in [0.1, 0.15) is 13.3 Å². The molecule has 0 spiro atoms. The van der Waals surface area contributed by atoms with Gasteiger partial charge in [0.25, 0.3) is 0 Å². The topological polar surface area (TPSA) is 20.2 Å². The highest BCUT2D eigenvalue weighted by Crippen LogP contribution is 2.13. The van der Waals surface area contributed by atoms with E-state index in [1.807, 2.05) is 6.92 Å². The van der Waals surface area contributed by atoms with Crippen molar-refractivity contribution in [3.05, 3.63) is 11.1 Å². The first-order chi connectivity index (χ1) is 3.66. The molecule has 0 rings (SSSR count). The van der Waals surface area contributed by atoms with Gasteiger partial charge in [0, 0.05) is 6.61 Å². The molecular formula is C6H11BrO. The van der Waals surface area contributed by atoms with Gasteiger partial charge in [0.2, 0.25) is 0 Å². The van der Waals surface area contributed by atoms with Gasteiger partial charge in [-0.05, 0) is 16.8 Å². The highest BCUT2D eigenvalue weighted by atomic mass is 79.9.